The lowest BCUT2D eigenvalue weighted by molar-refractivity contribution is -0.161. The highest BCUT2D eigenvalue weighted by molar-refractivity contribution is 7.47. The number of allylic oxidation sites excluding steroid dienone is 18. The molecule has 0 radical (unpaired) electrons. The van der Waals surface area contributed by atoms with E-state index in [4.69, 9.17) is 37.0 Å². The fourth-order valence-corrected chi connectivity index (χ4v) is 12.2. The Bertz CT molecular complexity index is 2360. The number of hydrogen-bond donors (Lipinski definition) is 3. The van der Waals surface area contributed by atoms with Crippen LogP contribution < -0.4 is 0 Å². The number of carbonyl (C=O) groups excluding carboxylic acids is 4. The Morgan fingerprint density at radius 3 is 0.824 bits per heavy atom. The molecule has 0 aliphatic rings. The van der Waals surface area contributed by atoms with Crippen molar-refractivity contribution in [2.24, 2.45) is 0 Å². The average molecular weight is 1480 g/mol. The number of ether oxygens (including phenoxy) is 4. The number of carbonyl (C=O) groups is 4. The van der Waals surface area contributed by atoms with E-state index in [1.165, 1.54) is 96.3 Å². The molecule has 0 aliphatic heterocycles. The van der Waals surface area contributed by atoms with Gasteiger partial charge in [0.1, 0.15) is 19.3 Å². The molecule has 0 fully saturated rings. The molecular weight excluding hydrogens is 1330 g/mol. The van der Waals surface area contributed by atoms with Crippen LogP contribution in [0.4, 0.5) is 0 Å². The molecule has 0 aromatic carbocycles. The number of rotatable bonds is 75. The lowest BCUT2D eigenvalue weighted by Crippen LogP contribution is -2.30. The predicted molar refractivity (Wildman–Crippen MR) is 418 cm³/mol. The zero-order valence-electron chi connectivity index (χ0n) is 64.3. The minimum absolute atomic E-state index is 0.0380. The van der Waals surface area contributed by atoms with Crippen molar-refractivity contribution < 1.29 is 80.2 Å². The Morgan fingerprint density at radius 2 is 0.510 bits per heavy atom. The Labute approximate surface area is 619 Å². The monoisotopic (exact) mass is 1470 g/mol. The highest BCUT2D eigenvalue weighted by Crippen LogP contribution is 2.45. The van der Waals surface area contributed by atoms with Crippen molar-refractivity contribution in [2.45, 2.75) is 354 Å². The average Bonchev–Trinajstić information content (AvgIpc) is 0.924. The van der Waals surface area contributed by atoms with Gasteiger partial charge in [-0.1, -0.05) is 291 Å². The SMILES string of the molecule is CC/C=C\C/C=C\C/C=C\C/C=C\CCCCCCCCC(=O)OCC(COP(=O)(O)OCC(O)COP(=O)(O)OCC(COC(=O)CCCCCCCCCCCCCCCCC)OC(=O)CCCCCCC/C=C\CCCCCC)OC(=O)CCCC/C=C\C/C=C\C/C=C\C/C=C\CC. The van der Waals surface area contributed by atoms with Crippen LogP contribution in [0.15, 0.2) is 109 Å². The molecule has 5 unspecified atom stereocenters. The van der Waals surface area contributed by atoms with Gasteiger partial charge in [-0.25, -0.2) is 9.13 Å². The third kappa shape index (κ3) is 74.0. The van der Waals surface area contributed by atoms with Gasteiger partial charge in [0.05, 0.1) is 26.4 Å². The first-order valence-electron chi connectivity index (χ1n) is 40.1. The number of unbranched alkanes of at least 4 members (excludes halogenated alkanes) is 31. The third-order valence-electron chi connectivity index (χ3n) is 16.7. The van der Waals surface area contributed by atoms with Gasteiger partial charge in [0, 0.05) is 25.7 Å². The largest absolute Gasteiger partial charge is 0.472 e. The van der Waals surface area contributed by atoms with Crippen LogP contribution in [0, 0.1) is 0 Å². The summed E-state index contributed by atoms with van der Waals surface area (Å²) in [5.41, 5.74) is 0. The Kier molecular flexibility index (Phi) is 71.8. The highest BCUT2D eigenvalue weighted by Gasteiger charge is 2.30. The first-order chi connectivity index (χ1) is 49.7. The summed E-state index contributed by atoms with van der Waals surface area (Å²) in [5.74, 6) is -2.23. The van der Waals surface area contributed by atoms with Crippen LogP contribution in [0.2, 0.25) is 0 Å². The summed E-state index contributed by atoms with van der Waals surface area (Å²) in [7, 11) is -9.97. The molecule has 102 heavy (non-hydrogen) atoms. The second kappa shape index (κ2) is 75.0. The predicted octanol–water partition coefficient (Wildman–Crippen LogP) is 23.3. The number of esters is 4. The van der Waals surface area contributed by atoms with E-state index in [9.17, 15) is 43.2 Å². The third-order valence-corrected chi connectivity index (χ3v) is 18.6. The van der Waals surface area contributed by atoms with E-state index < -0.39 is 97.5 Å². The van der Waals surface area contributed by atoms with Gasteiger partial charge in [0.2, 0.25) is 0 Å². The summed E-state index contributed by atoms with van der Waals surface area (Å²) in [4.78, 5) is 73.0. The van der Waals surface area contributed by atoms with Crippen LogP contribution in [0.1, 0.15) is 336 Å². The van der Waals surface area contributed by atoms with E-state index >= 15 is 0 Å². The molecule has 0 bridgehead atoms. The lowest BCUT2D eigenvalue weighted by atomic mass is 10.0. The van der Waals surface area contributed by atoms with Crippen molar-refractivity contribution in [1.82, 2.24) is 0 Å². The second-order valence-corrected chi connectivity index (χ2v) is 29.5. The van der Waals surface area contributed by atoms with Crippen LogP contribution in [-0.4, -0.2) is 96.7 Å². The van der Waals surface area contributed by atoms with E-state index in [2.05, 4.69) is 137 Å². The molecule has 5 atom stereocenters. The fraction of sp³-hybridized carbons (Fsp3) is 0.735. The molecule has 3 N–H and O–H groups in total. The van der Waals surface area contributed by atoms with Crippen LogP contribution in [0.5, 0.6) is 0 Å². The van der Waals surface area contributed by atoms with Crippen LogP contribution >= 0.6 is 15.6 Å². The number of aliphatic hydroxyl groups is 1. The van der Waals surface area contributed by atoms with Gasteiger partial charge in [-0.3, -0.25) is 37.3 Å². The van der Waals surface area contributed by atoms with Crippen LogP contribution in [-0.2, 0) is 65.4 Å². The minimum atomic E-state index is -4.99. The van der Waals surface area contributed by atoms with Gasteiger partial charge < -0.3 is 33.8 Å². The number of phosphoric ester groups is 2. The highest BCUT2D eigenvalue weighted by atomic mass is 31.2. The zero-order chi connectivity index (χ0) is 74.6. The quantitative estimate of drug-likeness (QED) is 0.0169. The van der Waals surface area contributed by atoms with Crippen molar-refractivity contribution in [3.05, 3.63) is 109 Å². The molecular formula is C83H144O17P2. The van der Waals surface area contributed by atoms with Gasteiger partial charge in [-0.05, 0) is 128 Å². The van der Waals surface area contributed by atoms with E-state index in [1.54, 1.807) is 0 Å². The summed E-state index contributed by atoms with van der Waals surface area (Å²) in [6, 6.07) is 0. The maximum Gasteiger partial charge on any atom is 0.472 e. The molecule has 0 amide bonds. The standard InChI is InChI=1S/C83H144O17P2/c1-5-9-13-17-21-25-29-33-36-37-38-39-42-45-48-52-56-60-64-68-81(86)94-74-79(100-83(88)70-66-62-58-54-50-46-41-35-31-27-23-19-15-11-7-3)76-98-102(91,92)96-72-77(84)71-95-101(89,90)97-75-78(99-82(87)69-65-61-57-53-49-43-32-28-24-20-16-12-8-4)73-93-80(85)67-63-59-55-51-47-44-40-34-30-26-22-18-14-10-6-2/h9,11,13,15,21,23,25,27-28,32-33,35-36,38-39,41,50,54,77-79,84H,5-8,10,12,14,16-20,22,24,26,29-31,34,37,40,42-49,51-53,55-76H2,1-4H3,(H,89,90)(H,91,92)/b13-9-,15-11-,25-21-,27-23-,32-28-,36-33-,39-38-,41-35-,54-50-. The van der Waals surface area contributed by atoms with Gasteiger partial charge >= 0.3 is 39.5 Å². The Hall–Kier alpha value is -4.28. The van der Waals surface area contributed by atoms with Gasteiger partial charge in [0.15, 0.2) is 12.2 Å². The maximum atomic E-state index is 13.1. The second-order valence-electron chi connectivity index (χ2n) is 26.6. The molecule has 0 aliphatic carbocycles. The van der Waals surface area contributed by atoms with Crippen molar-refractivity contribution in [3.63, 3.8) is 0 Å². The van der Waals surface area contributed by atoms with Gasteiger partial charge in [0.25, 0.3) is 0 Å². The van der Waals surface area contributed by atoms with Crippen molar-refractivity contribution >= 4 is 39.5 Å². The van der Waals surface area contributed by atoms with E-state index in [-0.39, 0.29) is 25.7 Å². The van der Waals surface area contributed by atoms with Crippen molar-refractivity contribution in [3.8, 4) is 0 Å². The molecule has 0 aromatic heterocycles. The molecule has 19 heteroatoms. The summed E-state index contributed by atoms with van der Waals surface area (Å²) in [6.07, 6.45) is 80.7. The van der Waals surface area contributed by atoms with E-state index in [0.717, 1.165) is 154 Å². The Balaban J connectivity index is 5.38. The maximum absolute atomic E-state index is 13.1. The number of phosphoric acid groups is 2. The summed E-state index contributed by atoms with van der Waals surface area (Å²) in [5, 5.41) is 10.6. The molecule has 0 saturated heterocycles. The van der Waals surface area contributed by atoms with E-state index in [0.29, 0.717) is 32.1 Å². The van der Waals surface area contributed by atoms with Crippen LogP contribution in [0.25, 0.3) is 0 Å². The van der Waals surface area contributed by atoms with Crippen LogP contribution in [0.3, 0.4) is 0 Å². The summed E-state index contributed by atoms with van der Waals surface area (Å²) >= 11 is 0. The molecule has 0 heterocycles. The first-order valence-corrected chi connectivity index (χ1v) is 43.1. The number of aliphatic hydroxyl groups excluding tert-OH is 1. The molecule has 0 aromatic rings. The molecule has 0 rings (SSSR count). The zero-order valence-corrected chi connectivity index (χ0v) is 66.0. The number of hydrogen-bond acceptors (Lipinski definition) is 15. The Morgan fingerprint density at radius 1 is 0.284 bits per heavy atom. The first kappa shape index (κ1) is 97.7. The lowest BCUT2D eigenvalue weighted by Gasteiger charge is -2.21. The normalized spacial score (nSPS) is 14.5. The molecule has 17 nitrogen and oxygen atoms in total. The summed E-state index contributed by atoms with van der Waals surface area (Å²) < 4.78 is 68.6. The van der Waals surface area contributed by atoms with E-state index in [1.807, 2.05) is 0 Å². The smallest absolute Gasteiger partial charge is 0.462 e. The molecule has 588 valence electrons. The van der Waals surface area contributed by atoms with Gasteiger partial charge in [-0.2, -0.15) is 0 Å². The van der Waals surface area contributed by atoms with Gasteiger partial charge in [-0.15, -0.1) is 0 Å². The summed E-state index contributed by atoms with van der Waals surface area (Å²) in [6.45, 7) is 4.60. The molecule has 0 spiro atoms. The fourth-order valence-electron chi connectivity index (χ4n) is 10.7. The van der Waals surface area contributed by atoms with Crippen molar-refractivity contribution in [2.75, 3.05) is 39.6 Å². The molecule has 0 saturated carbocycles. The van der Waals surface area contributed by atoms with Crippen molar-refractivity contribution in [1.29, 1.82) is 0 Å². The minimum Gasteiger partial charge on any atom is -0.462 e. The topological polar surface area (TPSA) is 237 Å².